The first kappa shape index (κ1) is 12.1. The number of nitrogens with one attached hydrogen (secondary N) is 2. The maximum absolute atomic E-state index is 12.9. The second-order valence-corrected chi connectivity index (χ2v) is 3.95. The zero-order valence-corrected chi connectivity index (χ0v) is 9.83. The number of nitrogen functional groups attached to an aromatic ring is 1. The molecule has 1 aromatic carbocycles. The minimum atomic E-state index is -0.358. The van der Waals surface area contributed by atoms with Crippen molar-refractivity contribution in [1.29, 1.82) is 0 Å². The summed E-state index contributed by atoms with van der Waals surface area (Å²) in [7, 11) is 0. The van der Waals surface area contributed by atoms with E-state index in [1.165, 1.54) is 18.2 Å². The normalized spacial score (nSPS) is 10.3. The van der Waals surface area contributed by atoms with Crippen molar-refractivity contribution in [2.75, 3.05) is 5.73 Å². The topological polar surface area (TPSA) is 83.8 Å². The van der Waals surface area contributed by atoms with E-state index in [1.54, 1.807) is 13.1 Å². The number of aromatic nitrogens is 2. The third-order valence-electron chi connectivity index (χ3n) is 2.62. The van der Waals surface area contributed by atoms with Crippen LogP contribution in [0.2, 0.25) is 0 Å². The summed E-state index contributed by atoms with van der Waals surface area (Å²) in [4.78, 5) is 11.9. The van der Waals surface area contributed by atoms with Crippen molar-refractivity contribution >= 4 is 11.7 Å². The third-order valence-corrected chi connectivity index (χ3v) is 2.62. The van der Waals surface area contributed by atoms with E-state index in [2.05, 4.69) is 15.5 Å². The summed E-state index contributed by atoms with van der Waals surface area (Å²) in [5, 5.41) is 9.03. The van der Waals surface area contributed by atoms with E-state index in [1.807, 2.05) is 0 Å². The average Bonchev–Trinajstić information content (AvgIpc) is 2.72. The lowest BCUT2D eigenvalue weighted by Gasteiger charge is -2.07. The van der Waals surface area contributed by atoms with Gasteiger partial charge in [0.15, 0.2) is 0 Å². The SMILES string of the molecule is Cc1cc(F)ccc1C(=O)NCc1cn[nH]c1N. The molecule has 0 aliphatic carbocycles. The van der Waals surface area contributed by atoms with Crippen LogP contribution in [0.3, 0.4) is 0 Å². The molecule has 2 rings (SSSR count). The molecule has 1 amide bonds. The molecule has 2 aromatic rings. The van der Waals surface area contributed by atoms with Crippen LogP contribution < -0.4 is 11.1 Å². The molecule has 0 unspecified atom stereocenters. The molecule has 4 N–H and O–H groups in total. The van der Waals surface area contributed by atoms with Crippen molar-refractivity contribution < 1.29 is 9.18 Å². The first-order valence-corrected chi connectivity index (χ1v) is 5.40. The van der Waals surface area contributed by atoms with E-state index >= 15 is 0 Å². The van der Waals surface area contributed by atoms with Crippen molar-refractivity contribution in [3.8, 4) is 0 Å². The summed E-state index contributed by atoms with van der Waals surface area (Å²) in [6, 6.07) is 4.04. The van der Waals surface area contributed by atoms with Crippen LogP contribution in [0.1, 0.15) is 21.5 Å². The maximum Gasteiger partial charge on any atom is 0.251 e. The van der Waals surface area contributed by atoms with Crippen molar-refractivity contribution in [1.82, 2.24) is 15.5 Å². The molecule has 0 spiro atoms. The molecule has 0 saturated carbocycles. The highest BCUT2D eigenvalue weighted by molar-refractivity contribution is 5.95. The van der Waals surface area contributed by atoms with Gasteiger partial charge in [-0.05, 0) is 30.7 Å². The molecule has 94 valence electrons. The number of benzene rings is 1. The Morgan fingerprint density at radius 2 is 2.33 bits per heavy atom. The van der Waals surface area contributed by atoms with Gasteiger partial charge in [0, 0.05) is 17.7 Å². The molecular formula is C12H13FN4O. The molecule has 0 bridgehead atoms. The standard InChI is InChI=1S/C12H13FN4O/c1-7-4-9(13)2-3-10(7)12(18)15-5-8-6-16-17-11(8)14/h2-4,6H,5H2,1H3,(H,15,18)(H3,14,16,17). The monoisotopic (exact) mass is 248 g/mol. The molecule has 5 nitrogen and oxygen atoms in total. The lowest BCUT2D eigenvalue weighted by atomic mass is 10.1. The number of H-pyrrole nitrogens is 1. The molecule has 0 atom stereocenters. The Bertz CT molecular complexity index is 579. The van der Waals surface area contributed by atoms with Crippen LogP contribution in [-0.2, 0) is 6.54 Å². The number of aromatic amines is 1. The van der Waals surface area contributed by atoms with Gasteiger partial charge in [0.25, 0.3) is 5.91 Å². The summed E-state index contributed by atoms with van der Waals surface area (Å²) in [5.74, 6) is -0.206. The van der Waals surface area contributed by atoms with Crippen LogP contribution in [0, 0.1) is 12.7 Å². The van der Waals surface area contributed by atoms with E-state index in [-0.39, 0.29) is 18.3 Å². The van der Waals surface area contributed by atoms with Gasteiger partial charge >= 0.3 is 0 Å². The van der Waals surface area contributed by atoms with Crippen molar-refractivity contribution in [3.05, 3.63) is 46.9 Å². The number of anilines is 1. The highest BCUT2D eigenvalue weighted by Gasteiger charge is 2.10. The average molecular weight is 248 g/mol. The molecule has 0 aliphatic heterocycles. The van der Waals surface area contributed by atoms with E-state index in [4.69, 9.17) is 5.73 Å². The van der Waals surface area contributed by atoms with Crippen molar-refractivity contribution in [2.24, 2.45) is 0 Å². The van der Waals surface area contributed by atoms with Crippen LogP contribution in [0.4, 0.5) is 10.2 Å². The summed E-state index contributed by atoms with van der Waals surface area (Å²) in [6.07, 6.45) is 1.55. The molecule has 0 radical (unpaired) electrons. The predicted molar refractivity (Wildman–Crippen MR) is 65.3 cm³/mol. The van der Waals surface area contributed by atoms with E-state index in [0.29, 0.717) is 22.5 Å². The maximum atomic E-state index is 12.9. The number of nitrogens with two attached hydrogens (primary N) is 1. The highest BCUT2D eigenvalue weighted by atomic mass is 19.1. The molecule has 1 heterocycles. The van der Waals surface area contributed by atoms with Gasteiger partial charge < -0.3 is 11.1 Å². The number of hydrogen-bond donors (Lipinski definition) is 3. The molecule has 1 aromatic heterocycles. The second-order valence-electron chi connectivity index (χ2n) is 3.95. The van der Waals surface area contributed by atoms with Crippen LogP contribution in [0.15, 0.2) is 24.4 Å². The number of amides is 1. The lowest BCUT2D eigenvalue weighted by molar-refractivity contribution is 0.0950. The van der Waals surface area contributed by atoms with Gasteiger partial charge in [-0.3, -0.25) is 9.89 Å². The Morgan fingerprint density at radius 3 is 2.94 bits per heavy atom. The molecule has 18 heavy (non-hydrogen) atoms. The number of nitrogens with zero attached hydrogens (tertiary/aromatic N) is 1. The Hall–Kier alpha value is -2.37. The van der Waals surface area contributed by atoms with Crippen LogP contribution in [0.25, 0.3) is 0 Å². The van der Waals surface area contributed by atoms with Gasteiger partial charge in [-0.15, -0.1) is 0 Å². The highest BCUT2D eigenvalue weighted by Crippen LogP contribution is 2.11. The van der Waals surface area contributed by atoms with E-state index in [9.17, 15) is 9.18 Å². The molecule has 0 saturated heterocycles. The zero-order valence-electron chi connectivity index (χ0n) is 9.83. The first-order valence-electron chi connectivity index (χ1n) is 5.40. The Kier molecular flexibility index (Phi) is 3.27. The molecule has 0 fully saturated rings. The summed E-state index contributed by atoms with van der Waals surface area (Å²) in [6.45, 7) is 1.96. The van der Waals surface area contributed by atoms with Gasteiger partial charge in [-0.25, -0.2) is 4.39 Å². The number of carbonyl (C=O) groups is 1. The molecular weight excluding hydrogens is 235 g/mol. The second kappa shape index (κ2) is 4.87. The fourth-order valence-corrected chi connectivity index (χ4v) is 1.61. The molecule has 6 heteroatoms. The van der Waals surface area contributed by atoms with Crippen LogP contribution >= 0.6 is 0 Å². The number of hydrogen-bond acceptors (Lipinski definition) is 3. The Labute approximate surface area is 103 Å². The first-order chi connectivity index (χ1) is 8.58. The van der Waals surface area contributed by atoms with E-state index < -0.39 is 0 Å². The minimum Gasteiger partial charge on any atom is -0.384 e. The fourth-order valence-electron chi connectivity index (χ4n) is 1.61. The number of halogens is 1. The Balaban J connectivity index is 2.06. The van der Waals surface area contributed by atoms with Gasteiger partial charge in [-0.1, -0.05) is 0 Å². The summed E-state index contributed by atoms with van der Waals surface area (Å²) < 4.78 is 12.9. The smallest absolute Gasteiger partial charge is 0.251 e. The minimum absolute atomic E-state index is 0.270. The van der Waals surface area contributed by atoms with Crippen molar-refractivity contribution in [2.45, 2.75) is 13.5 Å². The van der Waals surface area contributed by atoms with Gasteiger partial charge in [0.2, 0.25) is 0 Å². The van der Waals surface area contributed by atoms with Crippen LogP contribution in [0.5, 0.6) is 0 Å². The van der Waals surface area contributed by atoms with Gasteiger partial charge in [0.1, 0.15) is 11.6 Å². The Morgan fingerprint density at radius 1 is 1.56 bits per heavy atom. The van der Waals surface area contributed by atoms with Crippen LogP contribution in [-0.4, -0.2) is 16.1 Å². The summed E-state index contributed by atoms with van der Waals surface area (Å²) in [5.41, 5.74) is 7.34. The number of carbonyl (C=O) groups excluding carboxylic acids is 1. The zero-order chi connectivity index (χ0) is 13.1. The largest absolute Gasteiger partial charge is 0.384 e. The lowest BCUT2D eigenvalue weighted by Crippen LogP contribution is -2.23. The predicted octanol–water partition coefficient (Wildman–Crippen LogP) is 1.37. The fraction of sp³-hybridized carbons (Fsp3) is 0.167. The van der Waals surface area contributed by atoms with Crippen molar-refractivity contribution in [3.63, 3.8) is 0 Å². The van der Waals surface area contributed by atoms with Gasteiger partial charge in [-0.2, -0.15) is 5.10 Å². The van der Waals surface area contributed by atoms with E-state index in [0.717, 1.165) is 0 Å². The number of aryl methyl sites for hydroxylation is 1. The number of rotatable bonds is 3. The molecule has 0 aliphatic rings. The van der Waals surface area contributed by atoms with Gasteiger partial charge in [0.05, 0.1) is 6.20 Å². The quantitative estimate of drug-likeness (QED) is 0.767. The summed E-state index contributed by atoms with van der Waals surface area (Å²) >= 11 is 0. The third kappa shape index (κ3) is 2.48.